The molecular weight excluding hydrogens is 276 g/mol. The average molecular weight is 286 g/mol. The van der Waals surface area contributed by atoms with Crippen LogP contribution in [0.25, 0.3) is 11.1 Å². The van der Waals surface area contributed by atoms with Crippen molar-refractivity contribution in [1.82, 2.24) is 0 Å². The first kappa shape index (κ1) is 13.2. The van der Waals surface area contributed by atoms with Crippen molar-refractivity contribution >= 4 is 29.1 Å². The predicted molar refractivity (Wildman–Crippen MR) is 73.2 cm³/mol. The van der Waals surface area contributed by atoms with Gasteiger partial charge in [0, 0.05) is 21.2 Å². The number of nitrogens with two attached hydrogens (primary N) is 1. The lowest BCUT2D eigenvalue weighted by Gasteiger charge is -2.07. The maximum atomic E-state index is 12.2. The van der Waals surface area contributed by atoms with Gasteiger partial charge in [-0.15, -0.1) is 0 Å². The van der Waals surface area contributed by atoms with Crippen molar-refractivity contribution in [2.45, 2.75) is 10.7 Å². The van der Waals surface area contributed by atoms with Crippen LogP contribution in [0.4, 0.5) is 14.5 Å². The van der Waals surface area contributed by atoms with Gasteiger partial charge >= 0.3 is 0 Å². The standard InChI is InChI=1S/C13H10ClF2NS/c14-9-3-6-11(12(17)7-9)8-1-4-10(5-2-8)18-13(15)16/h1-7,13H,17H2. The van der Waals surface area contributed by atoms with Gasteiger partial charge in [0.2, 0.25) is 0 Å². The molecule has 18 heavy (non-hydrogen) atoms. The first-order chi connectivity index (χ1) is 8.56. The second-order valence-electron chi connectivity index (χ2n) is 3.63. The molecule has 2 aromatic carbocycles. The van der Waals surface area contributed by atoms with Crippen LogP contribution < -0.4 is 5.73 Å². The van der Waals surface area contributed by atoms with Crippen molar-refractivity contribution in [2.75, 3.05) is 5.73 Å². The minimum Gasteiger partial charge on any atom is -0.398 e. The fraction of sp³-hybridized carbons (Fsp3) is 0.0769. The summed E-state index contributed by atoms with van der Waals surface area (Å²) in [4.78, 5) is 0.529. The normalized spacial score (nSPS) is 10.9. The van der Waals surface area contributed by atoms with Crippen LogP contribution in [0.1, 0.15) is 0 Å². The van der Waals surface area contributed by atoms with E-state index < -0.39 is 5.76 Å². The maximum Gasteiger partial charge on any atom is 0.288 e. The van der Waals surface area contributed by atoms with E-state index in [9.17, 15) is 8.78 Å². The second-order valence-corrected chi connectivity index (χ2v) is 5.13. The molecule has 0 bridgehead atoms. The highest BCUT2D eigenvalue weighted by Crippen LogP contribution is 2.31. The number of halogens is 3. The van der Waals surface area contributed by atoms with Crippen LogP contribution in [0, 0.1) is 0 Å². The number of rotatable bonds is 3. The third kappa shape index (κ3) is 3.15. The van der Waals surface area contributed by atoms with Gasteiger partial charge in [0.05, 0.1) is 0 Å². The first-order valence-electron chi connectivity index (χ1n) is 5.16. The van der Waals surface area contributed by atoms with Crippen molar-refractivity contribution in [1.29, 1.82) is 0 Å². The van der Waals surface area contributed by atoms with E-state index in [1.54, 1.807) is 36.4 Å². The van der Waals surface area contributed by atoms with Gasteiger partial charge in [0.1, 0.15) is 0 Å². The van der Waals surface area contributed by atoms with E-state index in [-0.39, 0.29) is 0 Å². The zero-order valence-corrected chi connectivity index (χ0v) is 10.8. The fourth-order valence-electron chi connectivity index (χ4n) is 1.61. The molecule has 0 amide bonds. The molecule has 0 fully saturated rings. The Morgan fingerprint density at radius 2 is 1.72 bits per heavy atom. The molecule has 94 valence electrons. The third-order valence-electron chi connectivity index (χ3n) is 2.40. The van der Waals surface area contributed by atoms with Gasteiger partial charge in [-0.05, 0) is 29.8 Å². The molecule has 0 aliphatic carbocycles. The van der Waals surface area contributed by atoms with Gasteiger partial charge in [0.25, 0.3) is 5.76 Å². The zero-order valence-electron chi connectivity index (χ0n) is 9.24. The second kappa shape index (κ2) is 5.59. The Bertz CT molecular complexity index is 543. The summed E-state index contributed by atoms with van der Waals surface area (Å²) in [5.74, 6) is -2.41. The minimum absolute atomic E-state index is 0.523. The summed E-state index contributed by atoms with van der Waals surface area (Å²) in [6.45, 7) is 0. The third-order valence-corrected chi connectivity index (χ3v) is 3.36. The molecule has 2 aromatic rings. The van der Waals surface area contributed by atoms with Crippen molar-refractivity contribution in [3.63, 3.8) is 0 Å². The fourth-order valence-corrected chi connectivity index (χ4v) is 2.29. The largest absolute Gasteiger partial charge is 0.398 e. The number of anilines is 1. The Kier molecular flexibility index (Phi) is 4.09. The molecule has 0 saturated carbocycles. The van der Waals surface area contributed by atoms with Crippen LogP contribution in [0.15, 0.2) is 47.4 Å². The molecule has 0 atom stereocenters. The molecule has 0 radical (unpaired) electrons. The van der Waals surface area contributed by atoms with Crippen LogP contribution in [0.2, 0.25) is 5.02 Å². The van der Waals surface area contributed by atoms with E-state index in [1.165, 1.54) is 0 Å². The Balaban J connectivity index is 2.28. The Morgan fingerprint density at radius 1 is 1.06 bits per heavy atom. The van der Waals surface area contributed by atoms with Crippen molar-refractivity contribution < 1.29 is 8.78 Å². The van der Waals surface area contributed by atoms with Gasteiger partial charge in [-0.25, -0.2) is 0 Å². The van der Waals surface area contributed by atoms with Gasteiger partial charge in [0.15, 0.2) is 0 Å². The molecule has 2 rings (SSSR count). The monoisotopic (exact) mass is 285 g/mol. The van der Waals surface area contributed by atoms with Crippen LogP contribution in [0.3, 0.4) is 0 Å². The molecule has 5 heteroatoms. The summed E-state index contributed by atoms with van der Waals surface area (Å²) in [5, 5.41) is 0.570. The summed E-state index contributed by atoms with van der Waals surface area (Å²) < 4.78 is 24.4. The highest BCUT2D eigenvalue weighted by atomic mass is 35.5. The number of hydrogen-bond acceptors (Lipinski definition) is 2. The SMILES string of the molecule is Nc1cc(Cl)ccc1-c1ccc(SC(F)F)cc1. The summed E-state index contributed by atoms with van der Waals surface area (Å²) in [6.07, 6.45) is 0. The highest BCUT2D eigenvalue weighted by molar-refractivity contribution is 7.99. The number of thioether (sulfide) groups is 1. The molecule has 1 nitrogen and oxygen atoms in total. The Labute approximate surface area is 113 Å². The van der Waals surface area contributed by atoms with Crippen molar-refractivity contribution in [3.8, 4) is 11.1 Å². The number of hydrogen-bond donors (Lipinski definition) is 1. The molecule has 0 heterocycles. The molecule has 0 aliphatic heterocycles. The van der Waals surface area contributed by atoms with Crippen LogP contribution in [-0.4, -0.2) is 5.76 Å². The maximum absolute atomic E-state index is 12.2. The minimum atomic E-state index is -2.41. The van der Waals surface area contributed by atoms with Crippen LogP contribution in [0.5, 0.6) is 0 Å². The van der Waals surface area contributed by atoms with E-state index >= 15 is 0 Å². The molecule has 0 spiro atoms. The Morgan fingerprint density at radius 3 is 2.28 bits per heavy atom. The van der Waals surface area contributed by atoms with E-state index in [4.69, 9.17) is 17.3 Å². The van der Waals surface area contributed by atoms with Gasteiger partial charge in [-0.3, -0.25) is 0 Å². The van der Waals surface area contributed by atoms with Crippen LogP contribution >= 0.6 is 23.4 Å². The highest BCUT2D eigenvalue weighted by Gasteiger charge is 2.07. The summed E-state index contributed by atoms with van der Waals surface area (Å²) >= 11 is 6.34. The van der Waals surface area contributed by atoms with E-state index in [0.717, 1.165) is 11.1 Å². The van der Waals surface area contributed by atoms with Crippen molar-refractivity contribution in [3.05, 3.63) is 47.5 Å². The van der Waals surface area contributed by atoms with Gasteiger partial charge in [-0.2, -0.15) is 8.78 Å². The predicted octanol–water partition coefficient (Wildman–Crippen LogP) is 4.90. The van der Waals surface area contributed by atoms with Gasteiger partial charge < -0.3 is 5.73 Å². The molecule has 0 saturated heterocycles. The first-order valence-corrected chi connectivity index (χ1v) is 6.42. The number of alkyl halides is 2. The lowest BCUT2D eigenvalue weighted by Crippen LogP contribution is -1.90. The molecular formula is C13H10ClF2NS. The lowest BCUT2D eigenvalue weighted by atomic mass is 10.0. The lowest BCUT2D eigenvalue weighted by molar-refractivity contribution is 0.252. The quantitative estimate of drug-likeness (QED) is 0.641. The van der Waals surface area contributed by atoms with Crippen molar-refractivity contribution in [2.24, 2.45) is 0 Å². The zero-order chi connectivity index (χ0) is 13.1. The molecule has 0 aliphatic rings. The summed E-state index contributed by atoms with van der Waals surface area (Å²) in [7, 11) is 0. The van der Waals surface area contributed by atoms with E-state index in [0.29, 0.717) is 27.4 Å². The molecule has 0 aromatic heterocycles. The van der Waals surface area contributed by atoms with Crippen LogP contribution in [-0.2, 0) is 0 Å². The van der Waals surface area contributed by atoms with Gasteiger partial charge in [-0.1, -0.05) is 41.6 Å². The Hall–Kier alpha value is -1.26. The number of benzene rings is 2. The summed E-state index contributed by atoms with van der Waals surface area (Å²) in [5.41, 5.74) is 8.15. The summed E-state index contributed by atoms with van der Waals surface area (Å²) in [6, 6.07) is 12.1. The topological polar surface area (TPSA) is 26.0 Å². The van der Waals surface area contributed by atoms with E-state index in [2.05, 4.69) is 0 Å². The molecule has 0 unspecified atom stereocenters. The van der Waals surface area contributed by atoms with E-state index in [1.807, 2.05) is 6.07 Å². The smallest absolute Gasteiger partial charge is 0.288 e. The molecule has 2 N–H and O–H groups in total. The number of nitrogen functional groups attached to an aromatic ring is 1. The average Bonchev–Trinajstić information content (AvgIpc) is 2.30.